The number of aryl methyl sites for hydroxylation is 1. The molecule has 2 heterocycles. The minimum Gasteiger partial charge on any atom is -0.494 e. The number of para-hydroxylation sites is 1. The zero-order chi connectivity index (χ0) is 20.9. The molecule has 2 aromatic carbocycles. The third-order valence-corrected chi connectivity index (χ3v) is 5.56. The molecule has 0 radical (unpaired) electrons. The van der Waals surface area contributed by atoms with Crippen molar-refractivity contribution in [1.82, 2.24) is 9.88 Å². The fourth-order valence-corrected chi connectivity index (χ4v) is 3.85. The Bertz CT molecular complexity index is 1090. The van der Waals surface area contributed by atoms with E-state index in [2.05, 4.69) is 49.3 Å². The Hall–Kier alpha value is -3.27. The van der Waals surface area contributed by atoms with Crippen molar-refractivity contribution in [3.8, 4) is 5.75 Å². The number of ether oxygens (including phenoxy) is 1. The van der Waals surface area contributed by atoms with Gasteiger partial charge in [-0.1, -0.05) is 43.3 Å². The Labute approximate surface area is 177 Å². The van der Waals surface area contributed by atoms with Crippen LogP contribution >= 0.6 is 0 Å². The molecule has 154 valence electrons. The van der Waals surface area contributed by atoms with Crippen LogP contribution in [-0.4, -0.2) is 35.5 Å². The number of fused-ring (bicyclic) bond motifs is 1. The first-order valence-electron chi connectivity index (χ1n) is 10.6. The number of aromatic amines is 1. The van der Waals surface area contributed by atoms with Gasteiger partial charge in [-0.2, -0.15) is 0 Å². The maximum absolute atomic E-state index is 12.6. The number of benzene rings is 2. The number of hydrogen-bond donors (Lipinski definition) is 1. The number of H-pyrrole nitrogens is 1. The van der Waals surface area contributed by atoms with Gasteiger partial charge in [-0.15, -0.1) is 0 Å². The van der Waals surface area contributed by atoms with E-state index in [1.165, 1.54) is 27.6 Å². The summed E-state index contributed by atoms with van der Waals surface area (Å²) < 4.78 is 5.60. The van der Waals surface area contributed by atoms with Gasteiger partial charge in [0.1, 0.15) is 5.75 Å². The van der Waals surface area contributed by atoms with Crippen LogP contribution in [0.4, 0.5) is 0 Å². The van der Waals surface area contributed by atoms with Crippen LogP contribution in [0.25, 0.3) is 22.6 Å². The second-order valence-corrected chi connectivity index (χ2v) is 7.71. The molecule has 0 aliphatic carbocycles. The molecular formula is C26H28N2O2. The highest BCUT2D eigenvalue weighted by Gasteiger charge is 2.18. The van der Waals surface area contributed by atoms with Crippen LogP contribution in [0.15, 0.2) is 60.8 Å². The van der Waals surface area contributed by atoms with E-state index in [9.17, 15) is 4.79 Å². The summed E-state index contributed by atoms with van der Waals surface area (Å²) in [6.45, 7) is 6.30. The van der Waals surface area contributed by atoms with E-state index in [4.69, 9.17) is 4.74 Å². The fraction of sp³-hybridized carbons (Fsp3) is 0.269. The highest BCUT2D eigenvalue weighted by atomic mass is 16.5. The lowest BCUT2D eigenvalue weighted by Gasteiger charge is -2.25. The summed E-state index contributed by atoms with van der Waals surface area (Å²) >= 11 is 0. The average Bonchev–Trinajstić information content (AvgIpc) is 3.22. The molecular weight excluding hydrogens is 372 g/mol. The van der Waals surface area contributed by atoms with E-state index < -0.39 is 0 Å². The molecule has 4 heteroatoms. The Morgan fingerprint density at radius 2 is 2.03 bits per heavy atom. The van der Waals surface area contributed by atoms with Gasteiger partial charge in [0.15, 0.2) is 0 Å². The molecule has 0 spiro atoms. The largest absolute Gasteiger partial charge is 0.494 e. The lowest BCUT2D eigenvalue weighted by Crippen LogP contribution is -2.33. The van der Waals surface area contributed by atoms with Gasteiger partial charge < -0.3 is 14.6 Å². The molecule has 4 rings (SSSR count). The van der Waals surface area contributed by atoms with E-state index >= 15 is 0 Å². The fourth-order valence-electron chi connectivity index (χ4n) is 3.85. The zero-order valence-corrected chi connectivity index (χ0v) is 17.7. The molecule has 0 unspecified atom stereocenters. The molecule has 0 fully saturated rings. The molecule has 0 bridgehead atoms. The predicted molar refractivity (Wildman–Crippen MR) is 123 cm³/mol. The second-order valence-electron chi connectivity index (χ2n) is 7.71. The van der Waals surface area contributed by atoms with Crippen molar-refractivity contribution in [3.63, 3.8) is 0 Å². The number of aromatic nitrogens is 1. The Balaban J connectivity index is 1.39. The van der Waals surface area contributed by atoms with Crippen LogP contribution in [-0.2, 0) is 4.79 Å². The zero-order valence-electron chi connectivity index (χ0n) is 17.7. The molecule has 0 atom stereocenters. The number of carbonyl (C=O) groups excluding carboxylic acids is 1. The Morgan fingerprint density at radius 3 is 2.77 bits per heavy atom. The van der Waals surface area contributed by atoms with Crippen LogP contribution in [0.1, 0.15) is 36.5 Å². The van der Waals surface area contributed by atoms with Crippen LogP contribution in [0, 0.1) is 6.92 Å². The Morgan fingerprint density at radius 1 is 1.20 bits per heavy atom. The van der Waals surface area contributed by atoms with Gasteiger partial charge in [0.2, 0.25) is 5.91 Å². The highest BCUT2D eigenvalue weighted by molar-refractivity contribution is 5.95. The molecule has 1 aromatic heterocycles. The van der Waals surface area contributed by atoms with E-state index in [1.54, 1.807) is 6.08 Å². The van der Waals surface area contributed by atoms with Gasteiger partial charge in [-0.25, -0.2) is 0 Å². The standard InChI is InChI=1S/C26H28N2O2/c1-3-17-30-22-10-7-20(8-11-22)9-12-25(29)28-15-13-21(14-16-28)24-18-27-26-19(2)5-4-6-23(24)26/h4-13,18,27H,3,14-17H2,1-2H3/b12-9+. The summed E-state index contributed by atoms with van der Waals surface area (Å²) in [5.41, 5.74) is 6.00. The van der Waals surface area contributed by atoms with Crippen LogP contribution in [0.2, 0.25) is 0 Å². The first kappa shape index (κ1) is 20.0. The summed E-state index contributed by atoms with van der Waals surface area (Å²) in [6, 6.07) is 14.2. The van der Waals surface area contributed by atoms with E-state index in [0.29, 0.717) is 6.54 Å². The quantitative estimate of drug-likeness (QED) is 0.548. The summed E-state index contributed by atoms with van der Waals surface area (Å²) in [5.74, 6) is 0.910. The van der Waals surface area contributed by atoms with Gasteiger partial charge in [0.25, 0.3) is 0 Å². The number of nitrogens with zero attached hydrogens (tertiary/aromatic N) is 1. The molecule has 3 aromatic rings. The smallest absolute Gasteiger partial charge is 0.246 e. The van der Waals surface area contributed by atoms with Crippen LogP contribution < -0.4 is 4.74 Å². The van der Waals surface area contributed by atoms with Crippen molar-refractivity contribution in [2.24, 2.45) is 0 Å². The average molecular weight is 401 g/mol. The third-order valence-electron chi connectivity index (χ3n) is 5.56. The van der Waals surface area contributed by atoms with Gasteiger partial charge in [0.05, 0.1) is 6.61 Å². The monoisotopic (exact) mass is 400 g/mol. The summed E-state index contributed by atoms with van der Waals surface area (Å²) in [6.07, 6.45) is 9.66. The minimum atomic E-state index is 0.0476. The lowest BCUT2D eigenvalue weighted by molar-refractivity contribution is -0.125. The molecule has 4 nitrogen and oxygen atoms in total. The number of hydrogen-bond acceptors (Lipinski definition) is 2. The van der Waals surface area contributed by atoms with Gasteiger partial charge >= 0.3 is 0 Å². The second kappa shape index (κ2) is 9.04. The lowest BCUT2D eigenvalue weighted by atomic mass is 9.98. The minimum absolute atomic E-state index is 0.0476. The van der Waals surface area contributed by atoms with Crippen LogP contribution in [0.5, 0.6) is 5.75 Å². The first-order valence-corrected chi connectivity index (χ1v) is 10.6. The van der Waals surface area contributed by atoms with Crippen molar-refractivity contribution in [3.05, 3.63) is 77.5 Å². The number of carbonyl (C=O) groups is 1. The third kappa shape index (κ3) is 4.33. The van der Waals surface area contributed by atoms with Crippen molar-refractivity contribution in [1.29, 1.82) is 0 Å². The number of nitrogens with one attached hydrogen (secondary N) is 1. The predicted octanol–water partition coefficient (Wildman–Crippen LogP) is 5.59. The normalized spacial score (nSPS) is 14.3. The van der Waals surface area contributed by atoms with E-state index in [-0.39, 0.29) is 5.91 Å². The molecule has 30 heavy (non-hydrogen) atoms. The summed E-state index contributed by atoms with van der Waals surface area (Å²) in [7, 11) is 0. The van der Waals surface area contributed by atoms with Gasteiger partial charge in [-0.3, -0.25) is 4.79 Å². The maximum Gasteiger partial charge on any atom is 0.246 e. The van der Waals surface area contributed by atoms with E-state index in [1.807, 2.05) is 35.2 Å². The molecule has 1 N–H and O–H groups in total. The Kier molecular flexibility index (Phi) is 6.03. The highest BCUT2D eigenvalue weighted by Crippen LogP contribution is 2.30. The SMILES string of the molecule is CCCOc1ccc(/C=C/C(=O)N2CC=C(c3c[nH]c4c(C)cccc34)CC2)cc1. The topological polar surface area (TPSA) is 45.3 Å². The van der Waals surface area contributed by atoms with Gasteiger partial charge in [-0.05, 0) is 54.7 Å². The number of amides is 1. The van der Waals surface area contributed by atoms with E-state index in [0.717, 1.165) is 37.3 Å². The molecule has 1 amide bonds. The summed E-state index contributed by atoms with van der Waals surface area (Å²) in [4.78, 5) is 17.9. The maximum atomic E-state index is 12.6. The van der Waals surface area contributed by atoms with Crippen molar-refractivity contribution in [2.45, 2.75) is 26.7 Å². The summed E-state index contributed by atoms with van der Waals surface area (Å²) in [5, 5.41) is 1.26. The van der Waals surface area contributed by atoms with Crippen molar-refractivity contribution >= 4 is 28.5 Å². The van der Waals surface area contributed by atoms with Crippen molar-refractivity contribution in [2.75, 3.05) is 19.7 Å². The number of rotatable bonds is 6. The molecule has 0 saturated carbocycles. The first-order chi connectivity index (χ1) is 14.7. The van der Waals surface area contributed by atoms with Crippen LogP contribution in [0.3, 0.4) is 0 Å². The van der Waals surface area contributed by atoms with Crippen molar-refractivity contribution < 1.29 is 9.53 Å². The van der Waals surface area contributed by atoms with Gasteiger partial charge in [0, 0.05) is 41.8 Å². The molecule has 1 aliphatic rings. The molecule has 1 aliphatic heterocycles. The molecule has 0 saturated heterocycles.